The number of fused-ring (bicyclic) bond motifs is 1. The monoisotopic (exact) mass is 431 g/mol. The van der Waals surface area contributed by atoms with Crippen LogP contribution >= 0.6 is 0 Å². The van der Waals surface area contributed by atoms with Gasteiger partial charge in [0.15, 0.2) is 0 Å². The van der Waals surface area contributed by atoms with Gasteiger partial charge in [-0.25, -0.2) is 0 Å². The van der Waals surface area contributed by atoms with E-state index in [1.807, 2.05) is 36.4 Å². The summed E-state index contributed by atoms with van der Waals surface area (Å²) in [6, 6.07) is 21.0. The molecule has 0 radical (unpaired) electrons. The molecule has 2 heterocycles. The molecular formula is C27H29NO4. The van der Waals surface area contributed by atoms with Crippen LogP contribution in [-0.2, 0) is 0 Å². The van der Waals surface area contributed by atoms with E-state index in [4.69, 9.17) is 9.47 Å². The molecule has 5 rings (SSSR count). The Morgan fingerprint density at radius 2 is 1.66 bits per heavy atom. The summed E-state index contributed by atoms with van der Waals surface area (Å²) in [5, 5.41) is 20.0. The first-order chi connectivity index (χ1) is 15.7. The van der Waals surface area contributed by atoms with E-state index in [1.165, 1.54) is 25.9 Å². The molecule has 166 valence electrons. The van der Waals surface area contributed by atoms with Crippen LogP contribution in [0, 0.1) is 0 Å². The summed E-state index contributed by atoms with van der Waals surface area (Å²) < 4.78 is 12.0. The highest BCUT2D eigenvalue weighted by Gasteiger charge is 2.33. The number of likely N-dealkylation sites (tertiary alicyclic amines) is 1. The molecule has 32 heavy (non-hydrogen) atoms. The Morgan fingerprint density at radius 3 is 2.44 bits per heavy atom. The zero-order valence-corrected chi connectivity index (χ0v) is 18.1. The van der Waals surface area contributed by atoms with E-state index in [9.17, 15) is 10.2 Å². The summed E-state index contributed by atoms with van der Waals surface area (Å²) in [6.45, 7) is 4.50. The van der Waals surface area contributed by atoms with E-state index < -0.39 is 0 Å². The van der Waals surface area contributed by atoms with Crippen molar-refractivity contribution in [2.45, 2.75) is 24.7 Å². The Morgan fingerprint density at radius 1 is 0.875 bits per heavy atom. The minimum atomic E-state index is 0.0415. The molecule has 0 bridgehead atoms. The number of hydrogen-bond acceptors (Lipinski definition) is 5. The van der Waals surface area contributed by atoms with E-state index in [0.717, 1.165) is 29.0 Å². The number of hydrogen-bond donors (Lipinski definition) is 2. The third-order valence-corrected chi connectivity index (χ3v) is 6.57. The van der Waals surface area contributed by atoms with E-state index in [-0.39, 0.29) is 23.3 Å². The van der Waals surface area contributed by atoms with Gasteiger partial charge in [0.2, 0.25) is 0 Å². The standard InChI is InChI=1S/C27H29NO4/c29-21-5-3-4-20(16-21)25-18-32-26-17-22(30)8-11-24(26)27(25)19-6-9-23(10-7-19)31-15-14-28-12-1-2-13-28/h3-11,16-17,25,27,29-30H,1-2,12-15,18H2. The van der Waals surface area contributed by atoms with Crippen LogP contribution in [0.5, 0.6) is 23.0 Å². The fourth-order valence-electron chi connectivity index (χ4n) is 4.92. The second-order valence-electron chi connectivity index (χ2n) is 8.68. The molecule has 3 aromatic rings. The van der Waals surface area contributed by atoms with Gasteiger partial charge >= 0.3 is 0 Å². The number of rotatable bonds is 6. The van der Waals surface area contributed by atoms with Crippen molar-refractivity contribution in [2.24, 2.45) is 0 Å². The molecule has 2 aliphatic rings. The van der Waals surface area contributed by atoms with Gasteiger partial charge in [0.05, 0.1) is 6.61 Å². The van der Waals surface area contributed by atoms with Gasteiger partial charge in [-0.2, -0.15) is 0 Å². The predicted molar refractivity (Wildman–Crippen MR) is 124 cm³/mol. The summed E-state index contributed by atoms with van der Waals surface area (Å²) in [7, 11) is 0. The van der Waals surface area contributed by atoms with Gasteiger partial charge in [-0.05, 0) is 67.4 Å². The SMILES string of the molecule is Oc1cccc(C2COc3cc(O)ccc3C2c2ccc(OCCN3CCCC3)cc2)c1. The molecule has 3 aromatic carbocycles. The fourth-order valence-corrected chi connectivity index (χ4v) is 4.92. The summed E-state index contributed by atoms with van der Waals surface area (Å²) in [5.74, 6) is 2.11. The summed E-state index contributed by atoms with van der Waals surface area (Å²) >= 11 is 0. The Kier molecular flexibility index (Phi) is 5.91. The minimum absolute atomic E-state index is 0.0415. The Labute approximate surface area is 188 Å². The van der Waals surface area contributed by atoms with Crippen molar-refractivity contribution in [2.75, 3.05) is 32.8 Å². The summed E-state index contributed by atoms with van der Waals surface area (Å²) in [5.41, 5.74) is 3.21. The van der Waals surface area contributed by atoms with E-state index >= 15 is 0 Å². The van der Waals surface area contributed by atoms with Gasteiger partial charge in [-0.15, -0.1) is 0 Å². The Balaban J connectivity index is 1.40. The van der Waals surface area contributed by atoms with E-state index in [1.54, 1.807) is 18.2 Å². The molecule has 5 heteroatoms. The van der Waals surface area contributed by atoms with Crippen LogP contribution in [0.4, 0.5) is 0 Å². The molecule has 2 aliphatic heterocycles. The zero-order chi connectivity index (χ0) is 21.9. The van der Waals surface area contributed by atoms with Crippen molar-refractivity contribution in [1.82, 2.24) is 4.90 Å². The maximum atomic E-state index is 10.0. The summed E-state index contributed by atoms with van der Waals surface area (Å²) in [6.07, 6.45) is 2.58. The highest BCUT2D eigenvalue weighted by molar-refractivity contribution is 5.51. The van der Waals surface area contributed by atoms with Gasteiger partial charge in [-0.1, -0.05) is 30.3 Å². The van der Waals surface area contributed by atoms with Crippen molar-refractivity contribution >= 4 is 0 Å². The number of phenolic OH excluding ortho intramolecular Hbond substituents is 2. The lowest BCUT2D eigenvalue weighted by atomic mass is 9.76. The Hall–Kier alpha value is -3.18. The average Bonchev–Trinajstić information content (AvgIpc) is 3.32. The van der Waals surface area contributed by atoms with Crippen LogP contribution in [0.1, 0.15) is 41.4 Å². The third-order valence-electron chi connectivity index (χ3n) is 6.57. The molecule has 1 fully saturated rings. The first kappa shape index (κ1) is 20.7. The number of ether oxygens (including phenoxy) is 2. The number of nitrogens with zero attached hydrogens (tertiary/aromatic N) is 1. The van der Waals surface area contributed by atoms with Crippen LogP contribution in [0.3, 0.4) is 0 Å². The van der Waals surface area contributed by atoms with Gasteiger partial charge < -0.3 is 19.7 Å². The van der Waals surface area contributed by atoms with Crippen LogP contribution in [0.25, 0.3) is 0 Å². The lowest BCUT2D eigenvalue weighted by Gasteiger charge is -2.34. The Bertz CT molecular complexity index is 1060. The van der Waals surface area contributed by atoms with Crippen LogP contribution < -0.4 is 9.47 Å². The maximum absolute atomic E-state index is 10.0. The quantitative estimate of drug-likeness (QED) is 0.582. The molecule has 2 unspecified atom stereocenters. The molecule has 0 aromatic heterocycles. The van der Waals surface area contributed by atoms with Gasteiger partial charge in [0.25, 0.3) is 0 Å². The molecular weight excluding hydrogens is 402 g/mol. The molecule has 0 spiro atoms. The zero-order valence-electron chi connectivity index (χ0n) is 18.1. The smallest absolute Gasteiger partial charge is 0.126 e. The first-order valence-corrected chi connectivity index (χ1v) is 11.4. The molecule has 0 amide bonds. The first-order valence-electron chi connectivity index (χ1n) is 11.4. The van der Waals surface area contributed by atoms with Crippen molar-refractivity contribution < 1.29 is 19.7 Å². The maximum Gasteiger partial charge on any atom is 0.126 e. The van der Waals surface area contributed by atoms with E-state index in [0.29, 0.717) is 19.0 Å². The number of phenols is 2. The molecule has 0 aliphatic carbocycles. The number of benzene rings is 3. The van der Waals surface area contributed by atoms with Gasteiger partial charge in [0, 0.05) is 30.0 Å². The van der Waals surface area contributed by atoms with Crippen molar-refractivity contribution in [3.63, 3.8) is 0 Å². The lowest BCUT2D eigenvalue weighted by molar-refractivity contribution is 0.237. The van der Waals surface area contributed by atoms with Crippen LogP contribution in [0.2, 0.25) is 0 Å². The molecule has 1 saturated heterocycles. The normalized spacial score (nSPS) is 20.5. The van der Waals surface area contributed by atoms with Crippen molar-refractivity contribution in [1.29, 1.82) is 0 Å². The summed E-state index contributed by atoms with van der Waals surface area (Å²) in [4.78, 5) is 2.45. The average molecular weight is 432 g/mol. The highest BCUT2D eigenvalue weighted by Crippen LogP contribution is 2.47. The lowest BCUT2D eigenvalue weighted by Crippen LogP contribution is -2.25. The van der Waals surface area contributed by atoms with Gasteiger partial charge in [-0.3, -0.25) is 4.90 Å². The van der Waals surface area contributed by atoms with Crippen LogP contribution in [-0.4, -0.2) is 48.0 Å². The topological polar surface area (TPSA) is 62.2 Å². The molecule has 0 saturated carbocycles. The molecule has 2 N–H and O–H groups in total. The van der Waals surface area contributed by atoms with Gasteiger partial charge in [0.1, 0.15) is 29.6 Å². The van der Waals surface area contributed by atoms with Crippen molar-refractivity contribution in [3.8, 4) is 23.0 Å². The largest absolute Gasteiger partial charge is 0.508 e. The van der Waals surface area contributed by atoms with Crippen molar-refractivity contribution in [3.05, 3.63) is 83.4 Å². The third kappa shape index (κ3) is 4.39. The second-order valence-corrected chi connectivity index (χ2v) is 8.68. The predicted octanol–water partition coefficient (Wildman–Crippen LogP) is 4.88. The minimum Gasteiger partial charge on any atom is -0.508 e. The number of aromatic hydroxyl groups is 2. The van der Waals surface area contributed by atoms with E-state index in [2.05, 4.69) is 17.0 Å². The molecule has 2 atom stereocenters. The van der Waals surface area contributed by atoms with Crippen LogP contribution in [0.15, 0.2) is 66.7 Å². The second kappa shape index (κ2) is 9.13. The fraction of sp³-hybridized carbons (Fsp3) is 0.333. The highest BCUT2D eigenvalue weighted by atomic mass is 16.5. The molecule has 5 nitrogen and oxygen atoms in total.